The highest BCUT2D eigenvalue weighted by molar-refractivity contribution is 7.80. The maximum absolute atomic E-state index is 6.10. The number of hydrazone groups is 3. The van der Waals surface area contributed by atoms with Crippen LogP contribution in [0.5, 0.6) is 0 Å². The zero-order valence-electron chi connectivity index (χ0n) is 34.5. The Balaban J connectivity index is 1.31. The number of para-hydroxylation sites is 4. The van der Waals surface area contributed by atoms with Gasteiger partial charge in [-0.15, -0.1) is 5.10 Å². The second-order valence-electron chi connectivity index (χ2n) is 14.6. The summed E-state index contributed by atoms with van der Waals surface area (Å²) in [6.45, 7) is 0. The molecule has 11 nitrogen and oxygen atoms in total. The molecule has 0 aromatic heterocycles. The van der Waals surface area contributed by atoms with Gasteiger partial charge in [-0.25, -0.2) is 23.2 Å². The van der Waals surface area contributed by atoms with E-state index in [1.165, 1.54) is 0 Å². The van der Waals surface area contributed by atoms with Crippen molar-refractivity contribution in [2.24, 2.45) is 20.0 Å². The van der Waals surface area contributed by atoms with Crippen LogP contribution in [-0.2, 0) is 0 Å². The minimum atomic E-state index is -3.42. The molecule has 2 atom stereocenters. The first-order valence-electron chi connectivity index (χ1n) is 20.3. The Morgan fingerprint density at radius 3 is 0.984 bits per heavy atom. The Hall–Kier alpha value is -6.76. The second kappa shape index (κ2) is 16.9. The third kappa shape index (κ3) is 6.98. The molecule has 0 fully saturated rings. The van der Waals surface area contributed by atoms with Gasteiger partial charge in [0.05, 0.1) is 0 Å². The molecule has 3 aliphatic heterocycles. The van der Waals surface area contributed by atoms with Gasteiger partial charge in [0.1, 0.15) is 0 Å². The van der Waals surface area contributed by atoms with Crippen LogP contribution in [0.15, 0.2) is 232 Å². The van der Waals surface area contributed by atoms with Crippen LogP contribution in [0.25, 0.3) is 0 Å². The summed E-state index contributed by atoms with van der Waals surface area (Å²) in [7, 11) is -0.313. The first kappa shape index (κ1) is 39.4. The average Bonchev–Trinajstić information content (AvgIpc) is 3.99. The molecule has 7 aromatic rings. The lowest BCUT2D eigenvalue weighted by Crippen LogP contribution is -2.40. The lowest BCUT2D eigenvalue weighted by Gasteiger charge is -2.50. The van der Waals surface area contributed by atoms with Crippen LogP contribution in [0.1, 0.15) is 16.7 Å². The van der Waals surface area contributed by atoms with E-state index in [1.807, 2.05) is 18.2 Å². The van der Waals surface area contributed by atoms with Crippen LogP contribution >= 0.6 is 24.3 Å². The molecule has 0 spiro atoms. The van der Waals surface area contributed by atoms with Crippen molar-refractivity contribution < 1.29 is 0 Å². The zero-order chi connectivity index (χ0) is 42.0. The number of benzene rings is 7. The molecule has 62 heavy (non-hydrogen) atoms. The molecule has 14 heteroatoms. The van der Waals surface area contributed by atoms with Crippen molar-refractivity contribution >= 4 is 64.5 Å². The Labute approximate surface area is 365 Å². The summed E-state index contributed by atoms with van der Waals surface area (Å²) in [4.78, 5) is 0. The molecule has 0 saturated heterocycles. The molecule has 7 aromatic carbocycles. The van der Waals surface area contributed by atoms with Gasteiger partial charge in [0.15, 0.2) is 17.5 Å². The highest BCUT2D eigenvalue weighted by Gasteiger charge is 2.60. The molecule has 0 radical (unpaired) electrons. The van der Waals surface area contributed by atoms with Crippen LogP contribution < -0.4 is 9.34 Å². The SMILES string of the molecule is CN1N=C(c2ccccc2)N(P2(N3C(c4ccccc4)=NN(C)P3N(c3ccccc3)c3ccccc3)=NC(c3ccccc3)=NN2C)P1N(c1ccccc1)c1ccccc1. The summed E-state index contributed by atoms with van der Waals surface area (Å²) in [5.41, 5.74) is 7.00. The number of hydrogen-bond acceptors (Lipinski definition) is 11. The second-order valence-corrected chi connectivity index (χ2v) is 21.7. The Bertz CT molecular complexity index is 2550. The van der Waals surface area contributed by atoms with Gasteiger partial charge in [-0.3, -0.25) is 9.34 Å². The summed E-state index contributed by atoms with van der Waals surface area (Å²) in [6, 6.07) is 73.7. The molecule has 306 valence electrons. The van der Waals surface area contributed by atoms with Crippen molar-refractivity contribution in [3.8, 4) is 0 Å². The van der Waals surface area contributed by atoms with E-state index in [1.54, 1.807) is 0 Å². The van der Waals surface area contributed by atoms with E-state index in [4.69, 9.17) is 20.0 Å². The summed E-state index contributed by atoms with van der Waals surface area (Å²) >= 11 is 0. The fraction of sp³-hybridized carbons (Fsp3) is 0.0625. The highest BCUT2D eigenvalue weighted by atomic mass is 31.2. The van der Waals surface area contributed by atoms with Gasteiger partial charge >= 0.3 is 0 Å². The molecule has 2 unspecified atom stereocenters. The normalized spacial score (nSPS) is 19.5. The predicted molar refractivity (Wildman–Crippen MR) is 259 cm³/mol. The van der Waals surface area contributed by atoms with Gasteiger partial charge < -0.3 is 0 Å². The van der Waals surface area contributed by atoms with Gasteiger partial charge in [-0.2, -0.15) is 14.9 Å². The molecule has 10 rings (SSSR count). The third-order valence-corrected chi connectivity index (χ3v) is 19.6. The molecule has 3 heterocycles. The Morgan fingerprint density at radius 2 is 0.661 bits per heavy atom. The maximum atomic E-state index is 6.10. The first-order valence-corrected chi connectivity index (χ1v) is 24.3. The minimum absolute atomic E-state index is 0.646. The first-order chi connectivity index (χ1) is 30.5. The van der Waals surface area contributed by atoms with Crippen molar-refractivity contribution in [2.45, 2.75) is 0 Å². The zero-order valence-corrected chi connectivity index (χ0v) is 37.2. The molecule has 0 saturated carbocycles. The maximum Gasteiger partial charge on any atom is 0.280 e. The Kier molecular flexibility index (Phi) is 10.8. The van der Waals surface area contributed by atoms with Gasteiger partial charge in [0.2, 0.25) is 16.7 Å². The van der Waals surface area contributed by atoms with Crippen molar-refractivity contribution in [1.29, 1.82) is 0 Å². The molecule has 0 N–H and O–H groups in total. The number of rotatable bonds is 11. The van der Waals surface area contributed by atoms with Gasteiger partial charge in [-0.05, 0) is 48.5 Å². The lowest BCUT2D eigenvalue weighted by atomic mass is 10.2. The van der Waals surface area contributed by atoms with E-state index in [0.717, 1.165) is 51.1 Å². The molecular formula is C48H44N11P3. The van der Waals surface area contributed by atoms with E-state index in [-0.39, 0.29) is 0 Å². The molecule has 3 aliphatic rings. The summed E-state index contributed by atoms with van der Waals surface area (Å²) in [6.07, 6.45) is 0. The van der Waals surface area contributed by atoms with Crippen LogP contribution in [-0.4, -0.2) is 61.9 Å². The monoisotopic (exact) mass is 867 g/mol. The van der Waals surface area contributed by atoms with Gasteiger partial charge in [0.25, 0.3) is 7.51 Å². The number of anilines is 4. The van der Waals surface area contributed by atoms with Crippen LogP contribution in [0.4, 0.5) is 22.7 Å². The minimum Gasteiger partial charge on any atom is -0.284 e. The predicted octanol–water partition coefficient (Wildman–Crippen LogP) is 12.6. The fourth-order valence-electron chi connectivity index (χ4n) is 7.78. The fourth-order valence-corrected chi connectivity index (χ4v) is 18.3. The number of amidine groups is 3. The smallest absolute Gasteiger partial charge is 0.280 e. The molecule has 0 amide bonds. The van der Waals surface area contributed by atoms with E-state index in [9.17, 15) is 0 Å². The van der Waals surface area contributed by atoms with E-state index < -0.39 is 24.3 Å². The van der Waals surface area contributed by atoms with Crippen LogP contribution in [0.3, 0.4) is 0 Å². The van der Waals surface area contributed by atoms with Crippen LogP contribution in [0.2, 0.25) is 0 Å². The van der Waals surface area contributed by atoms with Gasteiger partial charge in [-0.1, -0.05) is 164 Å². The third-order valence-electron chi connectivity index (χ3n) is 10.5. The quantitative estimate of drug-likeness (QED) is 0.120. The molecular weight excluding hydrogens is 824 g/mol. The van der Waals surface area contributed by atoms with Crippen molar-refractivity contribution in [3.05, 3.63) is 229 Å². The number of nitrogens with zero attached hydrogens (tertiary/aromatic N) is 11. The Morgan fingerprint density at radius 1 is 0.371 bits per heavy atom. The van der Waals surface area contributed by atoms with Crippen molar-refractivity contribution in [3.63, 3.8) is 0 Å². The number of hydrogen-bond donors (Lipinski definition) is 0. The summed E-state index contributed by atoms with van der Waals surface area (Å²) in [5.74, 6) is 2.24. The highest BCUT2D eigenvalue weighted by Crippen LogP contribution is 2.81. The molecule has 0 bridgehead atoms. The summed E-state index contributed by atoms with van der Waals surface area (Å²) in [5, 5.41) is 16.6. The van der Waals surface area contributed by atoms with Crippen molar-refractivity contribution in [2.75, 3.05) is 30.5 Å². The van der Waals surface area contributed by atoms with E-state index >= 15 is 0 Å². The largest absolute Gasteiger partial charge is 0.284 e. The lowest BCUT2D eigenvalue weighted by molar-refractivity contribution is 0.551. The average molecular weight is 868 g/mol. The van der Waals surface area contributed by atoms with E-state index in [0.29, 0.717) is 5.84 Å². The standard InChI is InChI=1S/C48H44N11P3/c1-53-50-47(40-27-13-5-14-28-40)58(60(53)56(42-31-17-7-18-32-42)43-33-19-8-20-34-43)62(52-46(49-55(62)3)39-25-11-4-12-26-39)59-48(41-29-15-6-16-30-41)51-54(2)61(59)57(44-35-21-9-22-36-44)45-37-23-10-24-38-45/h4-38H,1-3H3. The van der Waals surface area contributed by atoms with Crippen molar-refractivity contribution in [1.82, 2.24) is 23.2 Å². The van der Waals surface area contributed by atoms with Crippen LogP contribution in [0, 0.1) is 0 Å². The summed E-state index contributed by atoms with van der Waals surface area (Å²) < 4.78 is 22.4. The van der Waals surface area contributed by atoms with E-state index in [2.05, 4.69) is 248 Å². The topological polar surface area (TPSA) is 72.1 Å². The van der Waals surface area contributed by atoms with Gasteiger partial charge in [0, 0.05) is 60.6 Å². The molecule has 0 aliphatic carbocycles.